The van der Waals surface area contributed by atoms with E-state index in [9.17, 15) is 9.59 Å². The summed E-state index contributed by atoms with van der Waals surface area (Å²) in [6.45, 7) is 2.04. The molecule has 7 heteroatoms. The first kappa shape index (κ1) is 19.9. The molecule has 2 aliphatic rings. The maximum Gasteiger partial charge on any atom is 0.250 e. The van der Waals surface area contributed by atoms with Gasteiger partial charge < -0.3 is 25.4 Å². The van der Waals surface area contributed by atoms with Crippen LogP contribution in [0.4, 0.5) is 0 Å². The molecule has 1 aromatic carbocycles. The minimum atomic E-state index is -0.459. The lowest BCUT2D eigenvalue weighted by atomic mass is 9.84. The molecule has 5 rings (SSSR count). The number of H-pyrrole nitrogens is 1. The van der Waals surface area contributed by atoms with Crippen LogP contribution < -0.4 is 11.1 Å². The first-order chi connectivity index (χ1) is 15.0. The third kappa shape index (κ3) is 3.63. The third-order valence-corrected chi connectivity index (χ3v) is 6.87. The van der Waals surface area contributed by atoms with Crippen LogP contribution >= 0.6 is 0 Å². The molecular formula is C24H28N4O3. The van der Waals surface area contributed by atoms with Crippen molar-refractivity contribution < 1.29 is 14.0 Å². The molecule has 162 valence electrons. The summed E-state index contributed by atoms with van der Waals surface area (Å²) >= 11 is 0. The quantitative estimate of drug-likeness (QED) is 0.604. The number of nitrogens with two attached hydrogens (primary N) is 1. The Balaban J connectivity index is 1.45. The lowest BCUT2D eigenvalue weighted by Crippen LogP contribution is -2.46. The largest absolute Gasteiger partial charge is 0.472 e. The van der Waals surface area contributed by atoms with Crippen LogP contribution in [0.1, 0.15) is 40.9 Å². The molecule has 1 atom stereocenters. The van der Waals surface area contributed by atoms with Gasteiger partial charge in [-0.15, -0.1) is 0 Å². The number of carbonyl (C=O) groups excluding carboxylic acids is 2. The van der Waals surface area contributed by atoms with E-state index in [2.05, 4.69) is 22.2 Å². The number of nitrogens with one attached hydrogen (secondary N) is 2. The Bertz CT molecular complexity index is 1120. The Morgan fingerprint density at radius 3 is 2.71 bits per heavy atom. The summed E-state index contributed by atoms with van der Waals surface area (Å²) in [5.41, 5.74) is 11.1. The number of likely N-dealkylation sites (tertiary alicyclic amines) is 1. The molecule has 31 heavy (non-hydrogen) atoms. The molecule has 2 aromatic heterocycles. The van der Waals surface area contributed by atoms with E-state index in [0.29, 0.717) is 12.0 Å². The van der Waals surface area contributed by atoms with Crippen LogP contribution in [0, 0.1) is 5.92 Å². The summed E-state index contributed by atoms with van der Waals surface area (Å²) in [5, 5.41) is 4.29. The molecule has 7 nitrogen and oxygen atoms in total. The normalized spacial score (nSPS) is 20.0. The number of hydrogen-bond acceptors (Lipinski definition) is 4. The Kier molecular flexibility index (Phi) is 5.06. The van der Waals surface area contributed by atoms with Gasteiger partial charge in [0.25, 0.3) is 5.91 Å². The van der Waals surface area contributed by atoms with Gasteiger partial charge in [-0.1, -0.05) is 6.07 Å². The monoisotopic (exact) mass is 420 g/mol. The van der Waals surface area contributed by atoms with Crippen LogP contribution in [0.3, 0.4) is 0 Å². The molecule has 3 heterocycles. The molecule has 1 unspecified atom stereocenters. The summed E-state index contributed by atoms with van der Waals surface area (Å²) in [5.74, 6) is -0.377. The number of carbonyl (C=O) groups is 2. The van der Waals surface area contributed by atoms with Gasteiger partial charge in [-0.3, -0.25) is 9.59 Å². The molecule has 0 radical (unpaired) electrons. The fraction of sp³-hybridized carbons (Fsp3) is 0.417. The molecule has 4 N–H and O–H groups in total. The first-order valence-corrected chi connectivity index (χ1v) is 11.0. The first-order valence-electron chi connectivity index (χ1n) is 11.0. The van der Waals surface area contributed by atoms with Crippen LogP contribution in [0.25, 0.3) is 22.0 Å². The highest BCUT2D eigenvalue weighted by Crippen LogP contribution is 2.39. The topological polar surface area (TPSA) is 104 Å². The van der Waals surface area contributed by atoms with Crippen LogP contribution in [0.2, 0.25) is 0 Å². The summed E-state index contributed by atoms with van der Waals surface area (Å²) in [4.78, 5) is 30.8. The SMILES string of the molecule is CN1CCC(NC(=O)C2CCc3c([nH]c4c(C(N)=O)ccc(-c5ccoc5)c34)C2)CC1. The third-order valence-electron chi connectivity index (χ3n) is 6.87. The molecule has 1 fully saturated rings. The van der Waals surface area contributed by atoms with Gasteiger partial charge in [-0.25, -0.2) is 0 Å². The molecule has 1 aliphatic carbocycles. The van der Waals surface area contributed by atoms with E-state index >= 15 is 0 Å². The van der Waals surface area contributed by atoms with Gasteiger partial charge in [-0.2, -0.15) is 0 Å². The number of amides is 2. The van der Waals surface area contributed by atoms with Crippen molar-refractivity contribution in [3.63, 3.8) is 0 Å². The molecule has 0 spiro atoms. The number of primary amides is 1. The summed E-state index contributed by atoms with van der Waals surface area (Å²) in [6.07, 6.45) is 7.58. The van der Waals surface area contributed by atoms with Gasteiger partial charge >= 0.3 is 0 Å². The van der Waals surface area contributed by atoms with Crippen molar-refractivity contribution >= 4 is 22.7 Å². The Labute approximate surface area is 181 Å². The lowest BCUT2D eigenvalue weighted by Gasteiger charge is -2.31. The highest BCUT2D eigenvalue weighted by Gasteiger charge is 2.31. The number of aromatic amines is 1. The number of nitrogens with zero attached hydrogens (tertiary/aromatic N) is 1. The second kappa shape index (κ2) is 7.89. The summed E-state index contributed by atoms with van der Waals surface area (Å²) in [7, 11) is 2.12. The zero-order valence-corrected chi connectivity index (χ0v) is 17.7. The van der Waals surface area contributed by atoms with Gasteiger partial charge in [0.2, 0.25) is 5.91 Å². The summed E-state index contributed by atoms with van der Waals surface area (Å²) < 4.78 is 5.29. The fourth-order valence-electron chi connectivity index (χ4n) is 5.10. The van der Waals surface area contributed by atoms with E-state index in [-0.39, 0.29) is 17.9 Å². The number of hydrogen-bond donors (Lipinski definition) is 3. The molecule has 3 aromatic rings. The average Bonchev–Trinajstić information content (AvgIpc) is 3.42. The molecule has 0 saturated carbocycles. The number of aromatic nitrogens is 1. The minimum absolute atomic E-state index is 0.0605. The lowest BCUT2D eigenvalue weighted by molar-refractivity contribution is -0.126. The minimum Gasteiger partial charge on any atom is -0.472 e. The van der Waals surface area contributed by atoms with Crippen molar-refractivity contribution in [2.75, 3.05) is 20.1 Å². The number of benzene rings is 1. The number of aryl methyl sites for hydroxylation is 1. The standard InChI is InChI=1S/C24H28N4O3/c1-28-9-6-16(7-10-28)26-24(30)14-2-3-18-20(12-14)27-22-19(23(25)29)5-4-17(21(18)22)15-8-11-31-13-15/h4-5,8,11,13-14,16,27H,2-3,6-7,9-10,12H2,1H3,(H2,25,29)(H,26,30). The van der Waals surface area contributed by atoms with Crippen LogP contribution in [-0.4, -0.2) is 47.9 Å². The van der Waals surface area contributed by atoms with Crippen molar-refractivity contribution in [1.29, 1.82) is 0 Å². The van der Waals surface area contributed by atoms with Crippen LogP contribution in [-0.2, 0) is 17.6 Å². The van der Waals surface area contributed by atoms with E-state index < -0.39 is 5.91 Å². The molecule has 2 amide bonds. The van der Waals surface area contributed by atoms with E-state index in [4.69, 9.17) is 10.2 Å². The van der Waals surface area contributed by atoms with E-state index in [1.54, 1.807) is 18.6 Å². The zero-order valence-electron chi connectivity index (χ0n) is 17.7. The summed E-state index contributed by atoms with van der Waals surface area (Å²) in [6, 6.07) is 5.88. The van der Waals surface area contributed by atoms with Crippen molar-refractivity contribution in [2.45, 2.75) is 38.1 Å². The van der Waals surface area contributed by atoms with Crippen LogP contribution in [0.5, 0.6) is 0 Å². The van der Waals surface area contributed by atoms with E-state index in [0.717, 1.165) is 66.5 Å². The Morgan fingerprint density at radius 2 is 2.00 bits per heavy atom. The number of fused-ring (bicyclic) bond motifs is 3. The predicted octanol–water partition coefficient (Wildman–Crippen LogP) is 2.84. The van der Waals surface area contributed by atoms with Gasteiger partial charge in [0, 0.05) is 28.6 Å². The fourth-order valence-corrected chi connectivity index (χ4v) is 5.10. The second-order valence-electron chi connectivity index (χ2n) is 8.89. The maximum atomic E-state index is 13.0. The number of rotatable bonds is 4. The van der Waals surface area contributed by atoms with E-state index in [1.165, 1.54) is 5.56 Å². The van der Waals surface area contributed by atoms with Gasteiger partial charge in [0.1, 0.15) is 0 Å². The van der Waals surface area contributed by atoms with Crippen molar-refractivity contribution in [3.8, 4) is 11.1 Å². The van der Waals surface area contributed by atoms with Gasteiger partial charge in [0.05, 0.1) is 23.6 Å². The molecule has 1 aliphatic heterocycles. The maximum absolute atomic E-state index is 13.0. The van der Waals surface area contributed by atoms with Crippen molar-refractivity contribution in [1.82, 2.24) is 15.2 Å². The van der Waals surface area contributed by atoms with Crippen LogP contribution in [0.15, 0.2) is 35.1 Å². The molecule has 0 bridgehead atoms. The molecular weight excluding hydrogens is 392 g/mol. The van der Waals surface area contributed by atoms with E-state index in [1.807, 2.05) is 12.1 Å². The highest BCUT2D eigenvalue weighted by atomic mass is 16.3. The molecule has 1 saturated heterocycles. The predicted molar refractivity (Wildman–Crippen MR) is 119 cm³/mol. The Hall–Kier alpha value is -3.06. The smallest absolute Gasteiger partial charge is 0.250 e. The van der Waals surface area contributed by atoms with Gasteiger partial charge in [-0.05, 0) is 75.5 Å². The number of piperidine rings is 1. The highest BCUT2D eigenvalue weighted by molar-refractivity contribution is 6.10. The Morgan fingerprint density at radius 1 is 1.19 bits per heavy atom. The zero-order chi connectivity index (χ0) is 21.5. The van der Waals surface area contributed by atoms with Crippen molar-refractivity contribution in [3.05, 3.63) is 47.5 Å². The average molecular weight is 421 g/mol. The second-order valence-corrected chi connectivity index (χ2v) is 8.89. The number of furan rings is 1. The van der Waals surface area contributed by atoms with Crippen molar-refractivity contribution in [2.24, 2.45) is 11.7 Å². The van der Waals surface area contributed by atoms with Gasteiger partial charge in [0.15, 0.2) is 0 Å².